The topological polar surface area (TPSA) is 48.5 Å². The number of urea groups is 1. The number of thiazole rings is 1. The molecule has 1 fully saturated rings. The van der Waals surface area contributed by atoms with E-state index in [0.29, 0.717) is 18.2 Å². The standard InChI is InChI=1S/C19H19ClN4OS/c20-15-7-5-14(6-8-15)13-23-9-11-24(12-10-23)19(25)22-18-21-16-3-1-2-4-17(16)26-18/h1-8H,9-13H2,(H,21,22,25). The highest BCUT2D eigenvalue weighted by atomic mass is 35.5. The Morgan fingerprint density at radius 2 is 1.81 bits per heavy atom. The zero-order valence-electron chi connectivity index (χ0n) is 14.2. The van der Waals surface area contributed by atoms with Crippen molar-refractivity contribution in [3.8, 4) is 0 Å². The van der Waals surface area contributed by atoms with Crippen LogP contribution in [0.15, 0.2) is 48.5 Å². The summed E-state index contributed by atoms with van der Waals surface area (Å²) in [6.07, 6.45) is 0. The second-order valence-electron chi connectivity index (χ2n) is 6.31. The van der Waals surface area contributed by atoms with Crippen molar-refractivity contribution in [3.63, 3.8) is 0 Å². The summed E-state index contributed by atoms with van der Waals surface area (Å²) < 4.78 is 1.08. The smallest absolute Gasteiger partial charge is 0.322 e. The number of carbonyl (C=O) groups is 1. The molecule has 1 N–H and O–H groups in total. The van der Waals surface area contributed by atoms with Crippen molar-refractivity contribution >= 4 is 44.3 Å². The second kappa shape index (κ2) is 7.61. The number of fused-ring (bicyclic) bond motifs is 1. The number of para-hydroxylation sites is 1. The van der Waals surface area contributed by atoms with Gasteiger partial charge in [-0.1, -0.05) is 47.2 Å². The fourth-order valence-corrected chi connectivity index (χ4v) is 4.03. The Balaban J connectivity index is 1.31. The Hall–Kier alpha value is -2.15. The number of carbonyl (C=O) groups excluding carboxylic acids is 1. The fraction of sp³-hybridized carbons (Fsp3) is 0.263. The molecule has 4 rings (SSSR count). The Morgan fingerprint density at radius 1 is 1.08 bits per heavy atom. The van der Waals surface area contributed by atoms with Crippen molar-refractivity contribution in [2.24, 2.45) is 0 Å². The first-order valence-electron chi connectivity index (χ1n) is 8.56. The summed E-state index contributed by atoms with van der Waals surface area (Å²) in [7, 11) is 0. The summed E-state index contributed by atoms with van der Waals surface area (Å²) in [5.41, 5.74) is 2.15. The van der Waals surface area contributed by atoms with Crippen LogP contribution in [-0.4, -0.2) is 47.0 Å². The van der Waals surface area contributed by atoms with Gasteiger partial charge in [0.05, 0.1) is 10.2 Å². The third-order valence-electron chi connectivity index (χ3n) is 4.49. The van der Waals surface area contributed by atoms with E-state index < -0.39 is 0 Å². The number of nitrogens with one attached hydrogen (secondary N) is 1. The molecule has 1 aliphatic rings. The van der Waals surface area contributed by atoms with Gasteiger partial charge in [-0.25, -0.2) is 9.78 Å². The summed E-state index contributed by atoms with van der Waals surface area (Å²) in [6, 6.07) is 15.8. The van der Waals surface area contributed by atoms with Gasteiger partial charge in [0, 0.05) is 37.7 Å². The molecule has 2 aromatic carbocycles. The molecule has 1 aliphatic heterocycles. The molecule has 0 atom stereocenters. The number of halogens is 1. The molecule has 134 valence electrons. The maximum atomic E-state index is 12.5. The number of rotatable bonds is 3. The van der Waals surface area contributed by atoms with Gasteiger partial charge in [0.15, 0.2) is 5.13 Å². The molecular formula is C19H19ClN4OS. The number of aromatic nitrogens is 1. The quantitative estimate of drug-likeness (QED) is 0.730. The highest BCUT2D eigenvalue weighted by Gasteiger charge is 2.22. The van der Waals surface area contributed by atoms with Crippen molar-refractivity contribution in [1.29, 1.82) is 0 Å². The van der Waals surface area contributed by atoms with Gasteiger partial charge < -0.3 is 4.90 Å². The highest BCUT2D eigenvalue weighted by Crippen LogP contribution is 2.25. The zero-order chi connectivity index (χ0) is 17.9. The molecule has 7 heteroatoms. The number of piperazine rings is 1. The van der Waals surface area contributed by atoms with Crippen molar-refractivity contribution < 1.29 is 4.79 Å². The predicted octanol–water partition coefficient (Wildman–Crippen LogP) is 4.30. The van der Waals surface area contributed by atoms with Crippen molar-refractivity contribution in [2.45, 2.75) is 6.54 Å². The Labute approximate surface area is 161 Å². The van der Waals surface area contributed by atoms with Gasteiger partial charge in [0.1, 0.15) is 0 Å². The van der Waals surface area contributed by atoms with E-state index in [2.05, 4.69) is 27.3 Å². The minimum absolute atomic E-state index is 0.0739. The molecule has 0 aliphatic carbocycles. The van der Waals surface area contributed by atoms with Crippen LogP contribution < -0.4 is 5.32 Å². The molecular weight excluding hydrogens is 368 g/mol. The van der Waals surface area contributed by atoms with Gasteiger partial charge in [-0.3, -0.25) is 10.2 Å². The number of hydrogen-bond donors (Lipinski definition) is 1. The van der Waals surface area contributed by atoms with Crippen LogP contribution in [0.2, 0.25) is 5.02 Å². The van der Waals surface area contributed by atoms with E-state index in [1.807, 2.05) is 41.3 Å². The van der Waals surface area contributed by atoms with Crippen LogP contribution in [0.4, 0.5) is 9.93 Å². The third kappa shape index (κ3) is 3.98. The summed E-state index contributed by atoms with van der Waals surface area (Å²) >= 11 is 7.43. The number of nitrogens with zero attached hydrogens (tertiary/aromatic N) is 3. The molecule has 1 aromatic heterocycles. The molecule has 2 heterocycles. The molecule has 5 nitrogen and oxygen atoms in total. The van der Waals surface area contributed by atoms with Crippen LogP contribution in [0.5, 0.6) is 0 Å². The number of hydrogen-bond acceptors (Lipinski definition) is 4. The van der Waals surface area contributed by atoms with E-state index in [-0.39, 0.29) is 6.03 Å². The average Bonchev–Trinajstić information content (AvgIpc) is 3.06. The van der Waals surface area contributed by atoms with Crippen LogP contribution in [0.25, 0.3) is 10.2 Å². The summed E-state index contributed by atoms with van der Waals surface area (Å²) in [5, 5.41) is 4.34. The second-order valence-corrected chi connectivity index (χ2v) is 7.77. The van der Waals surface area contributed by atoms with E-state index in [4.69, 9.17) is 11.6 Å². The minimum Gasteiger partial charge on any atom is -0.322 e. The highest BCUT2D eigenvalue weighted by molar-refractivity contribution is 7.22. The van der Waals surface area contributed by atoms with E-state index in [1.54, 1.807) is 0 Å². The Morgan fingerprint density at radius 3 is 2.54 bits per heavy atom. The first-order chi connectivity index (χ1) is 12.7. The van der Waals surface area contributed by atoms with Gasteiger partial charge in [-0.15, -0.1) is 0 Å². The minimum atomic E-state index is -0.0739. The van der Waals surface area contributed by atoms with Gasteiger partial charge in [-0.05, 0) is 29.8 Å². The molecule has 0 saturated carbocycles. The number of amides is 2. The lowest BCUT2D eigenvalue weighted by atomic mass is 10.2. The van der Waals surface area contributed by atoms with E-state index in [1.165, 1.54) is 16.9 Å². The molecule has 0 radical (unpaired) electrons. The fourth-order valence-electron chi connectivity index (χ4n) is 3.05. The Kier molecular flexibility index (Phi) is 5.06. The van der Waals surface area contributed by atoms with Gasteiger partial charge >= 0.3 is 6.03 Å². The molecule has 3 aromatic rings. The van der Waals surface area contributed by atoms with Crippen LogP contribution in [0, 0.1) is 0 Å². The summed E-state index contributed by atoms with van der Waals surface area (Å²) in [6.45, 7) is 4.02. The lowest BCUT2D eigenvalue weighted by Gasteiger charge is -2.34. The maximum Gasteiger partial charge on any atom is 0.323 e. The normalized spacial score (nSPS) is 15.3. The van der Waals surface area contributed by atoms with Crippen molar-refractivity contribution in [1.82, 2.24) is 14.8 Å². The summed E-state index contributed by atoms with van der Waals surface area (Å²) in [4.78, 5) is 21.2. The van der Waals surface area contributed by atoms with Crippen LogP contribution in [-0.2, 0) is 6.54 Å². The lowest BCUT2D eigenvalue weighted by molar-refractivity contribution is 0.143. The summed E-state index contributed by atoms with van der Waals surface area (Å²) in [5.74, 6) is 0. The lowest BCUT2D eigenvalue weighted by Crippen LogP contribution is -2.49. The molecule has 2 amide bonds. The molecule has 1 saturated heterocycles. The zero-order valence-corrected chi connectivity index (χ0v) is 15.8. The van der Waals surface area contributed by atoms with Gasteiger partial charge in [-0.2, -0.15) is 0 Å². The average molecular weight is 387 g/mol. The van der Waals surface area contributed by atoms with Crippen molar-refractivity contribution in [2.75, 3.05) is 31.5 Å². The molecule has 26 heavy (non-hydrogen) atoms. The maximum absolute atomic E-state index is 12.5. The first-order valence-corrected chi connectivity index (χ1v) is 9.75. The van der Waals surface area contributed by atoms with Crippen molar-refractivity contribution in [3.05, 3.63) is 59.1 Å². The van der Waals surface area contributed by atoms with Gasteiger partial charge in [0.25, 0.3) is 0 Å². The number of anilines is 1. The van der Waals surface area contributed by atoms with Crippen LogP contribution in [0.3, 0.4) is 0 Å². The third-order valence-corrected chi connectivity index (χ3v) is 5.69. The van der Waals surface area contributed by atoms with Crippen LogP contribution >= 0.6 is 22.9 Å². The van der Waals surface area contributed by atoms with E-state index in [0.717, 1.165) is 34.9 Å². The molecule has 0 bridgehead atoms. The largest absolute Gasteiger partial charge is 0.323 e. The van der Waals surface area contributed by atoms with E-state index >= 15 is 0 Å². The van der Waals surface area contributed by atoms with Crippen LogP contribution in [0.1, 0.15) is 5.56 Å². The number of benzene rings is 2. The predicted molar refractivity (Wildman–Crippen MR) is 107 cm³/mol. The van der Waals surface area contributed by atoms with Gasteiger partial charge in [0.2, 0.25) is 0 Å². The molecule has 0 spiro atoms. The Bertz CT molecular complexity index is 870. The monoisotopic (exact) mass is 386 g/mol. The first kappa shape index (κ1) is 17.3. The SMILES string of the molecule is O=C(Nc1nc2ccccc2s1)N1CCN(Cc2ccc(Cl)cc2)CC1. The molecule has 0 unspecified atom stereocenters. The van der Waals surface area contributed by atoms with E-state index in [9.17, 15) is 4.79 Å².